The van der Waals surface area contributed by atoms with Crippen LogP contribution in [0.5, 0.6) is 5.75 Å². The zero-order valence-electron chi connectivity index (χ0n) is 25.8. The number of rotatable bonds is 26. The second-order valence-corrected chi connectivity index (χ2v) is 12.2. The van der Waals surface area contributed by atoms with Crippen LogP contribution in [0.4, 0.5) is 0 Å². The van der Waals surface area contributed by atoms with Gasteiger partial charge in [-0.2, -0.15) is 0 Å². The Morgan fingerprint density at radius 2 is 0.973 bits per heavy atom. The number of unbranched alkanes of at least 4 members (excludes halogenated alkanes) is 15. The number of hydrogen-bond donors (Lipinski definition) is 1. The number of phenolic OH excluding ortho intramolecular Hbond substituents is 1. The first-order valence-electron chi connectivity index (χ1n) is 16.9. The average molecular weight is 515 g/mol. The van der Waals surface area contributed by atoms with E-state index in [-0.39, 0.29) is 0 Å². The Hall–Kier alpha value is -0.980. The number of para-hydroxylation sites is 1. The predicted molar refractivity (Wildman–Crippen MR) is 167 cm³/mol. The fraction of sp³-hybridized carbons (Fsp3) is 0.833. The van der Waals surface area contributed by atoms with Gasteiger partial charge in [-0.3, -0.25) is 0 Å². The maximum absolute atomic E-state index is 10.6. The molecule has 0 aliphatic carbocycles. The maximum Gasteiger partial charge on any atom is 0.119 e. The molecular formula is C36H66O. The van der Waals surface area contributed by atoms with Crippen molar-refractivity contribution in [2.24, 2.45) is 11.8 Å². The average Bonchev–Trinajstić information content (AvgIpc) is 2.90. The van der Waals surface area contributed by atoms with E-state index in [0.29, 0.717) is 11.7 Å². The molecule has 0 aliphatic rings. The minimum atomic E-state index is 0.514. The lowest BCUT2D eigenvalue weighted by Gasteiger charge is -2.27. The standard InChI is InChI=1S/C36H66O/c1-5-8-11-14-16-17-19-22-26-33(32(4)25-20-18-15-12-9-6-2)30-31-34(27-21-13-10-7-3)35-28-23-24-29-36(35)37/h23-24,28-29,32-34,37H,5-22,25-27,30-31H2,1-4H3. The molecule has 3 unspecified atom stereocenters. The van der Waals surface area contributed by atoms with Gasteiger partial charge in [0.1, 0.15) is 5.75 Å². The van der Waals surface area contributed by atoms with Gasteiger partial charge in [-0.1, -0.05) is 174 Å². The van der Waals surface area contributed by atoms with Gasteiger partial charge in [-0.25, -0.2) is 0 Å². The van der Waals surface area contributed by atoms with Crippen molar-refractivity contribution in [2.45, 2.75) is 181 Å². The van der Waals surface area contributed by atoms with Crippen LogP contribution < -0.4 is 0 Å². The number of hydrogen-bond acceptors (Lipinski definition) is 1. The summed E-state index contributed by atoms with van der Waals surface area (Å²) in [7, 11) is 0. The van der Waals surface area contributed by atoms with Crippen molar-refractivity contribution in [1.29, 1.82) is 0 Å². The summed E-state index contributed by atoms with van der Waals surface area (Å²) in [5, 5.41) is 10.6. The molecule has 1 N–H and O–H groups in total. The van der Waals surface area contributed by atoms with Crippen molar-refractivity contribution >= 4 is 0 Å². The minimum absolute atomic E-state index is 0.514. The first-order chi connectivity index (χ1) is 18.1. The van der Waals surface area contributed by atoms with E-state index in [1.807, 2.05) is 12.1 Å². The lowest BCUT2D eigenvalue weighted by molar-refractivity contribution is 0.268. The van der Waals surface area contributed by atoms with Crippen LogP contribution in [0.2, 0.25) is 0 Å². The van der Waals surface area contributed by atoms with Gasteiger partial charge in [0.2, 0.25) is 0 Å². The lowest BCUT2D eigenvalue weighted by Crippen LogP contribution is -2.14. The minimum Gasteiger partial charge on any atom is -0.508 e. The Kier molecular flexibility index (Phi) is 22.2. The SMILES string of the molecule is CCCCCCCCCCC(CCC(CCCCCC)c1ccccc1O)C(C)CCCCCCCC. The molecule has 37 heavy (non-hydrogen) atoms. The van der Waals surface area contributed by atoms with E-state index < -0.39 is 0 Å². The first-order valence-corrected chi connectivity index (χ1v) is 16.9. The predicted octanol–water partition coefficient (Wildman–Crippen LogP) is 12.8. The van der Waals surface area contributed by atoms with Crippen molar-refractivity contribution in [3.63, 3.8) is 0 Å². The van der Waals surface area contributed by atoms with Crippen LogP contribution in [0.1, 0.15) is 187 Å². The molecule has 1 heteroatoms. The molecule has 0 radical (unpaired) electrons. The molecule has 0 fully saturated rings. The summed E-state index contributed by atoms with van der Waals surface area (Å²) in [4.78, 5) is 0. The summed E-state index contributed by atoms with van der Waals surface area (Å²) in [5.74, 6) is 2.71. The fourth-order valence-corrected chi connectivity index (χ4v) is 6.26. The molecular weight excluding hydrogens is 448 g/mol. The van der Waals surface area contributed by atoms with E-state index in [1.54, 1.807) is 0 Å². The highest BCUT2D eigenvalue weighted by Crippen LogP contribution is 2.37. The summed E-state index contributed by atoms with van der Waals surface area (Å²) in [6, 6.07) is 8.18. The van der Waals surface area contributed by atoms with Crippen LogP contribution in [0, 0.1) is 11.8 Å². The van der Waals surface area contributed by atoms with Crippen LogP contribution in [-0.2, 0) is 0 Å². The van der Waals surface area contributed by atoms with Gasteiger partial charge in [0.25, 0.3) is 0 Å². The van der Waals surface area contributed by atoms with Crippen LogP contribution in [0.3, 0.4) is 0 Å². The third-order valence-electron chi connectivity index (χ3n) is 8.91. The second kappa shape index (κ2) is 24.1. The van der Waals surface area contributed by atoms with E-state index in [0.717, 1.165) is 11.8 Å². The van der Waals surface area contributed by atoms with Gasteiger partial charge in [0.05, 0.1) is 0 Å². The van der Waals surface area contributed by atoms with E-state index in [4.69, 9.17) is 0 Å². The Balaban J connectivity index is 2.64. The number of benzene rings is 1. The van der Waals surface area contributed by atoms with Gasteiger partial charge in [-0.05, 0) is 48.6 Å². The Labute approximate surface area is 233 Å². The van der Waals surface area contributed by atoms with E-state index in [2.05, 4.69) is 39.8 Å². The zero-order chi connectivity index (χ0) is 27.0. The molecule has 0 heterocycles. The Morgan fingerprint density at radius 1 is 0.514 bits per heavy atom. The smallest absolute Gasteiger partial charge is 0.119 e. The van der Waals surface area contributed by atoms with Crippen LogP contribution >= 0.6 is 0 Å². The molecule has 1 rings (SSSR count). The molecule has 1 aromatic rings. The van der Waals surface area contributed by atoms with Crippen LogP contribution in [0.25, 0.3) is 0 Å². The van der Waals surface area contributed by atoms with Gasteiger partial charge < -0.3 is 5.11 Å². The number of phenols is 1. The molecule has 0 saturated carbocycles. The normalized spacial score (nSPS) is 14.1. The molecule has 0 aromatic heterocycles. The summed E-state index contributed by atoms with van der Waals surface area (Å²) < 4.78 is 0. The van der Waals surface area contributed by atoms with Crippen molar-refractivity contribution in [2.75, 3.05) is 0 Å². The van der Waals surface area contributed by atoms with Gasteiger partial charge >= 0.3 is 0 Å². The van der Waals surface area contributed by atoms with E-state index >= 15 is 0 Å². The molecule has 0 saturated heterocycles. The highest BCUT2D eigenvalue weighted by molar-refractivity contribution is 5.34. The lowest BCUT2D eigenvalue weighted by atomic mass is 9.78. The Morgan fingerprint density at radius 3 is 1.54 bits per heavy atom. The van der Waals surface area contributed by atoms with E-state index in [9.17, 15) is 5.11 Å². The molecule has 0 spiro atoms. The monoisotopic (exact) mass is 515 g/mol. The molecule has 0 aliphatic heterocycles. The van der Waals surface area contributed by atoms with E-state index in [1.165, 1.54) is 153 Å². The largest absolute Gasteiger partial charge is 0.508 e. The third-order valence-corrected chi connectivity index (χ3v) is 8.91. The topological polar surface area (TPSA) is 20.2 Å². The molecule has 216 valence electrons. The van der Waals surface area contributed by atoms with Gasteiger partial charge in [-0.15, -0.1) is 0 Å². The highest BCUT2D eigenvalue weighted by Gasteiger charge is 2.21. The van der Waals surface area contributed by atoms with Crippen molar-refractivity contribution in [1.82, 2.24) is 0 Å². The molecule has 1 nitrogen and oxygen atoms in total. The number of aromatic hydroxyl groups is 1. The van der Waals surface area contributed by atoms with Crippen molar-refractivity contribution in [3.05, 3.63) is 29.8 Å². The summed E-state index contributed by atoms with van der Waals surface area (Å²) >= 11 is 0. The molecule has 3 atom stereocenters. The van der Waals surface area contributed by atoms with Gasteiger partial charge in [0, 0.05) is 0 Å². The molecule has 0 bridgehead atoms. The summed E-state index contributed by atoms with van der Waals surface area (Å²) in [6.45, 7) is 9.46. The van der Waals surface area contributed by atoms with Crippen LogP contribution in [-0.4, -0.2) is 5.11 Å². The third kappa shape index (κ3) is 17.3. The maximum atomic E-state index is 10.6. The zero-order valence-corrected chi connectivity index (χ0v) is 25.8. The summed E-state index contributed by atoms with van der Waals surface area (Å²) in [5.41, 5.74) is 1.20. The Bertz CT molecular complexity index is 608. The summed E-state index contributed by atoms with van der Waals surface area (Å²) in [6.07, 6.45) is 31.6. The van der Waals surface area contributed by atoms with Crippen molar-refractivity contribution < 1.29 is 5.11 Å². The van der Waals surface area contributed by atoms with Crippen LogP contribution in [0.15, 0.2) is 24.3 Å². The van der Waals surface area contributed by atoms with Crippen molar-refractivity contribution in [3.8, 4) is 5.75 Å². The van der Waals surface area contributed by atoms with Gasteiger partial charge in [0.15, 0.2) is 0 Å². The quantitative estimate of drug-likeness (QED) is 0.122. The highest BCUT2D eigenvalue weighted by atomic mass is 16.3. The second-order valence-electron chi connectivity index (χ2n) is 12.2. The first kappa shape index (κ1) is 34.0. The molecule has 0 amide bonds. The molecule has 1 aromatic carbocycles. The fourth-order valence-electron chi connectivity index (χ4n) is 6.26.